The van der Waals surface area contributed by atoms with E-state index in [2.05, 4.69) is 21.2 Å². The van der Waals surface area contributed by atoms with Crippen molar-refractivity contribution in [2.24, 2.45) is 5.92 Å². The zero-order valence-corrected chi connectivity index (χ0v) is 12.0. The number of nitro groups is 1. The zero-order valence-electron chi connectivity index (χ0n) is 10.4. The standard InChI is InChI=1S/C13H15BrN2O3/c14-12-6-5-10(16(18)19)7-11(12)13(17)15-8-9-3-1-2-4-9/h5-7,9H,1-4,8H2,(H,15,17). The van der Waals surface area contributed by atoms with Crippen molar-refractivity contribution in [1.29, 1.82) is 0 Å². The summed E-state index contributed by atoms with van der Waals surface area (Å²) in [6.07, 6.45) is 4.74. The lowest BCUT2D eigenvalue weighted by Crippen LogP contribution is -2.28. The lowest BCUT2D eigenvalue weighted by Gasteiger charge is -2.11. The normalized spacial score (nSPS) is 15.4. The zero-order chi connectivity index (χ0) is 13.8. The fraction of sp³-hybridized carbons (Fsp3) is 0.462. The second-order valence-corrected chi connectivity index (χ2v) is 5.64. The van der Waals surface area contributed by atoms with E-state index in [0.717, 1.165) is 12.8 Å². The van der Waals surface area contributed by atoms with Crippen LogP contribution >= 0.6 is 15.9 Å². The molecule has 1 fully saturated rings. The Balaban J connectivity index is 2.04. The van der Waals surface area contributed by atoms with Crippen molar-refractivity contribution in [2.45, 2.75) is 25.7 Å². The number of hydrogen-bond acceptors (Lipinski definition) is 3. The molecule has 1 aliphatic rings. The molecular weight excluding hydrogens is 312 g/mol. The van der Waals surface area contributed by atoms with Crippen LogP contribution in [-0.2, 0) is 0 Å². The van der Waals surface area contributed by atoms with Crippen LogP contribution in [0.15, 0.2) is 22.7 Å². The quantitative estimate of drug-likeness (QED) is 0.681. The molecule has 5 nitrogen and oxygen atoms in total. The number of non-ortho nitro benzene ring substituents is 1. The van der Waals surface area contributed by atoms with Gasteiger partial charge in [0.25, 0.3) is 11.6 Å². The molecule has 0 aliphatic heterocycles. The Hall–Kier alpha value is -1.43. The maximum Gasteiger partial charge on any atom is 0.270 e. The number of carbonyl (C=O) groups is 1. The van der Waals surface area contributed by atoms with Crippen LogP contribution in [0, 0.1) is 16.0 Å². The molecule has 0 saturated heterocycles. The first kappa shape index (κ1) is 14.0. The lowest BCUT2D eigenvalue weighted by atomic mass is 10.1. The van der Waals surface area contributed by atoms with E-state index < -0.39 is 4.92 Å². The number of halogens is 1. The van der Waals surface area contributed by atoms with E-state index in [9.17, 15) is 14.9 Å². The van der Waals surface area contributed by atoms with E-state index in [1.54, 1.807) is 0 Å². The highest BCUT2D eigenvalue weighted by Gasteiger charge is 2.18. The Morgan fingerprint density at radius 1 is 1.42 bits per heavy atom. The van der Waals surface area contributed by atoms with Crippen molar-refractivity contribution in [2.75, 3.05) is 6.54 Å². The molecule has 0 radical (unpaired) electrons. The van der Waals surface area contributed by atoms with Crippen LogP contribution in [0.5, 0.6) is 0 Å². The second kappa shape index (κ2) is 6.14. The van der Waals surface area contributed by atoms with Crippen molar-refractivity contribution in [1.82, 2.24) is 5.32 Å². The molecular formula is C13H15BrN2O3. The first-order valence-electron chi connectivity index (χ1n) is 6.30. The predicted molar refractivity (Wildman–Crippen MR) is 75.1 cm³/mol. The van der Waals surface area contributed by atoms with Crippen molar-refractivity contribution in [3.8, 4) is 0 Å². The summed E-state index contributed by atoms with van der Waals surface area (Å²) in [6, 6.07) is 4.20. The summed E-state index contributed by atoms with van der Waals surface area (Å²) in [5.41, 5.74) is 0.237. The van der Waals surface area contributed by atoms with Gasteiger partial charge < -0.3 is 5.32 Å². The minimum Gasteiger partial charge on any atom is -0.352 e. The third-order valence-corrected chi connectivity index (χ3v) is 4.12. The summed E-state index contributed by atoms with van der Waals surface area (Å²) >= 11 is 3.25. The van der Waals surface area contributed by atoms with Gasteiger partial charge in [0.05, 0.1) is 10.5 Å². The summed E-state index contributed by atoms with van der Waals surface area (Å²) in [6.45, 7) is 0.647. The fourth-order valence-corrected chi connectivity index (χ4v) is 2.77. The number of carbonyl (C=O) groups excluding carboxylic acids is 1. The van der Waals surface area contributed by atoms with Gasteiger partial charge in [0.15, 0.2) is 0 Å². The van der Waals surface area contributed by atoms with Gasteiger partial charge in [-0.25, -0.2) is 0 Å². The number of nitrogens with zero attached hydrogens (tertiary/aromatic N) is 1. The summed E-state index contributed by atoms with van der Waals surface area (Å²) < 4.78 is 0.571. The van der Waals surface area contributed by atoms with Crippen molar-refractivity contribution in [3.05, 3.63) is 38.3 Å². The Kier molecular flexibility index (Phi) is 4.52. The maximum absolute atomic E-state index is 12.0. The van der Waals surface area contributed by atoms with Gasteiger partial charge in [0, 0.05) is 23.2 Å². The van der Waals surface area contributed by atoms with Crippen molar-refractivity contribution < 1.29 is 9.72 Å². The molecule has 1 amide bonds. The Morgan fingerprint density at radius 2 is 2.11 bits per heavy atom. The van der Waals surface area contributed by atoms with Gasteiger partial charge in [-0.15, -0.1) is 0 Å². The van der Waals surface area contributed by atoms with Gasteiger partial charge in [-0.3, -0.25) is 14.9 Å². The topological polar surface area (TPSA) is 72.2 Å². The van der Waals surface area contributed by atoms with E-state index in [1.165, 1.54) is 31.0 Å². The van der Waals surface area contributed by atoms with Crippen LogP contribution in [-0.4, -0.2) is 17.4 Å². The molecule has 1 N–H and O–H groups in total. The van der Waals surface area contributed by atoms with E-state index in [1.807, 2.05) is 0 Å². The van der Waals surface area contributed by atoms with Crippen LogP contribution in [0.25, 0.3) is 0 Å². The molecule has 0 aromatic heterocycles. The first-order valence-corrected chi connectivity index (χ1v) is 7.09. The second-order valence-electron chi connectivity index (χ2n) is 4.78. The third kappa shape index (κ3) is 3.53. The molecule has 0 heterocycles. The maximum atomic E-state index is 12.0. The van der Waals surface area contributed by atoms with Gasteiger partial charge >= 0.3 is 0 Å². The molecule has 102 valence electrons. The highest BCUT2D eigenvalue weighted by atomic mass is 79.9. The fourth-order valence-electron chi connectivity index (χ4n) is 2.35. The first-order chi connectivity index (χ1) is 9.08. The van der Waals surface area contributed by atoms with Gasteiger partial charge in [0.2, 0.25) is 0 Å². The van der Waals surface area contributed by atoms with Crippen LogP contribution in [0.3, 0.4) is 0 Å². The average Bonchev–Trinajstić information content (AvgIpc) is 2.89. The SMILES string of the molecule is O=C(NCC1CCCC1)c1cc([N+](=O)[O-])ccc1Br. The third-order valence-electron chi connectivity index (χ3n) is 3.43. The Labute approximate surface area is 119 Å². The molecule has 19 heavy (non-hydrogen) atoms. The number of hydrogen-bond donors (Lipinski definition) is 1. The predicted octanol–water partition coefficient (Wildman–Crippen LogP) is 3.28. The van der Waals surface area contributed by atoms with Crippen molar-refractivity contribution in [3.63, 3.8) is 0 Å². The number of benzene rings is 1. The van der Waals surface area contributed by atoms with Crippen LogP contribution in [0.2, 0.25) is 0 Å². The van der Waals surface area contributed by atoms with Crippen molar-refractivity contribution >= 4 is 27.5 Å². The molecule has 6 heteroatoms. The summed E-state index contributed by atoms with van der Waals surface area (Å²) in [5.74, 6) is 0.281. The van der Waals surface area contributed by atoms with Gasteiger partial charge in [0.1, 0.15) is 0 Å². The molecule has 0 atom stereocenters. The Bertz CT molecular complexity index is 499. The number of amides is 1. The molecule has 1 aromatic rings. The highest BCUT2D eigenvalue weighted by Crippen LogP contribution is 2.25. The van der Waals surface area contributed by atoms with Crippen LogP contribution < -0.4 is 5.32 Å². The van der Waals surface area contributed by atoms with E-state index in [4.69, 9.17) is 0 Å². The largest absolute Gasteiger partial charge is 0.352 e. The summed E-state index contributed by atoms with van der Waals surface area (Å²) in [4.78, 5) is 22.2. The summed E-state index contributed by atoms with van der Waals surface area (Å²) in [7, 11) is 0. The van der Waals surface area contributed by atoms with Gasteiger partial charge in [-0.1, -0.05) is 12.8 Å². The number of nitrogens with one attached hydrogen (secondary N) is 1. The number of rotatable bonds is 4. The van der Waals surface area contributed by atoms with E-state index >= 15 is 0 Å². The summed E-state index contributed by atoms with van der Waals surface area (Å²) in [5, 5.41) is 13.6. The molecule has 0 bridgehead atoms. The van der Waals surface area contributed by atoms with E-state index in [0.29, 0.717) is 22.5 Å². The van der Waals surface area contributed by atoms with Crippen LogP contribution in [0.1, 0.15) is 36.0 Å². The molecule has 1 aromatic carbocycles. The average molecular weight is 327 g/mol. The minimum absolute atomic E-state index is 0.0748. The molecule has 1 saturated carbocycles. The lowest BCUT2D eigenvalue weighted by molar-refractivity contribution is -0.384. The van der Waals surface area contributed by atoms with Crippen LogP contribution in [0.4, 0.5) is 5.69 Å². The monoisotopic (exact) mass is 326 g/mol. The van der Waals surface area contributed by atoms with E-state index in [-0.39, 0.29) is 11.6 Å². The van der Waals surface area contributed by atoms with Gasteiger partial charge in [-0.2, -0.15) is 0 Å². The Morgan fingerprint density at radius 3 is 2.74 bits per heavy atom. The van der Waals surface area contributed by atoms with Gasteiger partial charge in [-0.05, 0) is 40.8 Å². The smallest absolute Gasteiger partial charge is 0.270 e. The molecule has 1 aliphatic carbocycles. The highest BCUT2D eigenvalue weighted by molar-refractivity contribution is 9.10. The number of nitro benzene ring substituents is 1. The molecule has 0 spiro atoms. The molecule has 2 rings (SSSR count). The minimum atomic E-state index is -0.500. The molecule has 0 unspecified atom stereocenters.